The van der Waals surface area contributed by atoms with Crippen molar-refractivity contribution in [1.29, 1.82) is 0 Å². The van der Waals surface area contributed by atoms with Crippen LogP contribution in [0.25, 0.3) is 0 Å². The van der Waals surface area contributed by atoms with Gasteiger partial charge in [0.15, 0.2) is 0 Å². The van der Waals surface area contributed by atoms with Gasteiger partial charge in [-0.2, -0.15) is 16.4 Å². The molecule has 0 saturated heterocycles. The number of nitrogens with zero attached hydrogens (tertiary/aromatic N) is 3. The fraction of sp³-hybridized carbons (Fsp3) is 0.529. The molecule has 0 atom stereocenters. The number of rotatable bonds is 5. The summed E-state index contributed by atoms with van der Waals surface area (Å²) in [6.45, 7) is 0. The normalized spacial score (nSPS) is 15.9. The molecule has 5 heteroatoms. The number of carbonyl (C=O) groups excluding carboxylic acids is 1. The number of carbonyl (C=O) groups is 1. The lowest BCUT2D eigenvalue weighted by molar-refractivity contribution is -0.119. The molecule has 3 rings (SSSR count). The average Bonchev–Trinajstić information content (AvgIpc) is 3.18. The Bertz CT molecular complexity index is 599. The van der Waals surface area contributed by atoms with Gasteiger partial charge in [0.05, 0.1) is 11.9 Å². The summed E-state index contributed by atoms with van der Waals surface area (Å²) in [5.74, 6) is 0.245. The van der Waals surface area contributed by atoms with Crippen LogP contribution in [-0.2, 0) is 18.3 Å². The maximum atomic E-state index is 12.8. The van der Waals surface area contributed by atoms with Crippen LogP contribution in [0.2, 0.25) is 0 Å². The van der Waals surface area contributed by atoms with Crippen molar-refractivity contribution >= 4 is 22.9 Å². The fourth-order valence-corrected chi connectivity index (χ4v) is 3.89. The Morgan fingerprint density at radius 3 is 2.86 bits per heavy atom. The summed E-state index contributed by atoms with van der Waals surface area (Å²) in [5.41, 5.74) is 2.21. The molecule has 22 heavy (non-hydrogen) atoms. The third-order valence-electron chi connectivity index (χ3n) is 4.38. The quantitative estimate of drug-likeness (QED) is 0.841. The van der Waals surface area contributed by atoms with E-state index in [-0.39, 0.29) is 5.91 Å². The van der Waals surface area contributed by atoms with Crippen LogP contribution in [0.3, 0.4) is 0 Å². The smallest absolute Gasteiger partial charge is 0.227 e. The highest BCUT2D eigenvalue weighted by atomic mass is 32.1. The zero-order valence-electron chi connectivity index (χ0n) is 13.1. The van der Waals surface area contributed by atoms with E-state index in [1.165, 1.54) is 19.3 Å². The largest absolute Gasteiger partial charge is 0.309 e. The Balaban J connectivity index is 1.69. The van der Waals surface area contributed by atoms with E-state index >= 15 is 0 Å². The maximum Gasteiger partial charge on any atom is 0.227 e. The van der Waals surface area contributed by atoms with Crippen molar-refractivity contribution in [2.24, 2.45) is 7.05 Å². The summed E-state index contributed by atoms with van der Waals surface area (Å²) in [6.07, 6.45) is 11.2. The van der Waals surface area contributed by atoms with Crippen molar-refractivity contribution in [2.45, 2.75) is 51.0 Å². The van der Waals surface area contributed by atoms with E-state index in [0.717, 1.165) is 30.5 Å². The van der Waals surface area contributed by atoms with Gasteiger partial charge in [-0.15, -0.1) is 0 Å². The minimum Gasteiger partial charge on any atom is -0.309 e. The van der Waals surface area contributed by atoms with Crippen molar-refractivity contribution < 1.29 is 4.79 Å². The summed E-state index contributed by atoms with van der Waals surface area (Å²) in [4.78, 5) is 14.9. The van der Waals surface area contributed by atoms with Crippen molar-refractivity contribution in [3.8, 4) is 0 Å². The predicted octanol–water partition coefficient (Wildman–Crippen LogP) is 3.78. The molecule has 1 saturated carbocycles. The highest BCUT2D eigenvalue weighted by molar-refractivity contribution is 7.08. The Morgan fingerprint density at radius 1 is 1.41 bits per heavy atom. The van der Waals surface area contributed by atoms with E-state index in [2.05, 4.69) is 26.8 Å². The van der Waals surface area contributed by atoms with Gasteiger partial charge in [-0.3, -0.25) is 9.48 Å². The first-order valence-electron chi connectivity index (χ1n) is 8.06. The molecule has 4 nitrogen and oxygen atoms in total. The molecule has 1 aliphatic rings. The van der Waals surface area contributed by atoms with E-state index < -0.39 is 0 Å². The van der Waals surface area contributed by atoms with Crippen molar-refractivity contribution in [1.82, 2.24) is 9.78 Å². The summed E-state index contributed by atoms with van der Waals surface area (Å²) in [5, 5.41) is 8.32. The minimum absolute atomic E-state index is 0.245. The Kier molecular flexibility index (Phi) is 4.93. The van der Waals surface area contributed by atoms with E-state index in [0.29, 0.717) is 12.5 Å². The first kappa shape index (κ1) is 15.3. The second kappa shape index (κ2) is 7.09. The molecule has 0 radical (unpaired) electrons. The number of thiophene rings is 1. The lowest BCUT2D eigenvalue weighted by Crippen LogP contribution is -2.41. The summed E-state index contributed by atoms with van der Waals surface area (Å²) in [6, 6.07) is 2.45. The number of aromatic nitrogens is 2. The van der Waals surface area contributed by atoms with Gasteiger partial charge in [-0.05, 0) is 36.3 Å². The molecule has 1 fully saturated rings. The average molecular weight is 317 g/mol. The number of aryl methyl sites for hydroxylation is 2. The number of amides is 1. The van der Waals surface area contributed by atoms with E-state index in [1.54, 1.807) is 16.0 Å². The van der Waals surface area contributed by atoms with Gasteiger partial charge >= 0.3 is 0 Å². The third kappa shape index (κ3) is 3.58. The van der Waals surface area contributed by atoms with Gasteiger partial charge in [0.1, 0.15) is 0 Å². The molecule has 1 aliphatic carbocycles. The van der Waals surface area contributed by atoms with Crippen LogP contribution in [-0.4, -0.2) is 21.7 Å². The molecular formula is C17H23N3OS. The van der Waals surface area contributed by atoms with E-state index in [9.17, 15) is 4.79 Å². The van der Waals surface area contributed by atoms with Gasteiger partial charge in [-0.25, -0.2) is 0 Å². The SMILES string of the molecule is Cn1cc(CCC(=O)N(c2ccsc2)C2CCCCC2)cn1. The molecule has 0 spiro atoms. The Labute approximate surface area is 135 Å². The zero-order chi connectivity index (χ0) is 15.4. The van der Waals surface area contributed by atoms with E-state index in [4.69, 9.17) is 0 Å². The third-order valence-corrected chi connectivity index (χ3v) is 5.05. The molecule has 0 aliphatic heterocycles. The van der Waals surface area contributed by atoms with Gasteiger partial charge in [0.2, 0.25) is 5.91 Å². The second-order valence-electron chi connectivity index (χ2n) is 6.06. The Morgan fingerprint density at radius 2 is 2.23 bits per heavy atom. The minimum atomic E-state index is 0.245. The van der Waals surface area contributed by atoms with Gasteiger partial charge in [-0.1, -0.05) is 19.3 Å². The van der Waals surface area contributed by atoms with Gasteiger partial charge in [0.25, 0.3) is 0 Å². The molecule has 0 unspecified atom stereocenters. The number of hydrogen-bond acceptors (Lipinski definition) is 3. The molecule has 2 aromatic heterocycles. The van der Waals surface area contributed by atoms with Crippen molar-refractivity contribution in [3.63, 3.8) is 0 Å². The maximum absolute atomic E-state index is 12.8. The first-order chi connectivity index (χ1) is 10.7. The monoisotopic (exact) mass is 317 g/mol. The summed E-state index contributed by atoms with van der Waals surface area (Å²) < 4.78 is 1.79. The van der Waals surface area contributed by atoms with Gasteiger partial charge < -0.3 is 4.90 Å². The van der Waals surface area contributed by atoms with Crippen molar-refractivity contribution in [2.75, 3.05) is 4.90 Å². The van der Waals surface area contributed by atoms with Crippen LogP contribution < -0.4 is 4.90 Å². The first-order valence-corrected chi connectivity index (χ1v) is 9.00. The van der Waals surface area contributed by atoms with E-state index in [1.807, 2.05) is 19.4 Å². The number of hydrogen-bond donors (Lipinski definition) is 0. The highest BCUT2D eigenvalue weighted by Crippen LogP contribution is 2.29. The van der Waals surface area contributed by atoms with Crippen LogP contribution in [0.4, 0.5) is 5.69 Å². The molecule has 2 heterocycles. The predicted molar refractivity (Wildman–Crippen MR) is 90.2 cm³/mol. The molecule has 0 bridgehead atoms. The lowest BCUT2D eigenvalue weighted by atomic mass is 9.93. The van der Waals surface area contributed by atoms with Crippen LogP contribution in [0.5, 0.6) is 0 Å². The highest BCUT2D eigenvalue weighted by Gasteiger charge is 2.26. The van der Waals surface area contributed by atoms with Crippen LogP contribution >= 0.6 is 11.3 Å². The Hall–Kier alpha value is -1.62. The summed E-state index contributed by atoms with van der Waals surface area (Å²) in [7, 11) is 1.91. The fourth-order valence-electron chi connectivity index (χ4n) is 3.26. The molecular weight excluding hydrogens is 294 g/mol. The lowest BCUT2D eigenvalue weighted by Gasteiger charge is -2.34. The molecule has 1 amide bonds. The van der Waals surface area contributed by atoms with Gasteiger partial charge in [0, 0.05) is 31.1 Å². The van der Waals surface area contributed by atoms with Crippen LogP contribution in [0, 0.1) is 0 Å². The standard InChI is InChI=1S/C17H23N3OS/c1-19-12-14(11-18-19)7-8-17(21)20(16-9-10-22-13-16)15-5-3-2-4-6-15/h9-13,15H,2-8H2,1H3. The van der Waals surface area contributed by atoms with Crippen LogP contribution in [0.1, 0.15) is 44.1 Å². The molecule has 0 aromatic carbocycles. The topological polar surface area (TPSA) is 38.1 Å². The van der Waals surface area contributed by atoms with Crippen LogP contribution in [0.15, 0.2) is 29.2 Å². The second-order valence-corrected chi connectivity index (χ2v) is 6.84. The molecule has 0 N–H and O–H groups in total. The molecule has 2 aromatic rings. The zero-order valence-corrected chi connectivity index (χ0v) is 13.9. The number of anilines is 1. The summed E-state index contributed by atoms with van der Waals surface area (Å²) >= 11 is 1.66. The van der Waals surface area contributed by atoms with Crippen molar-refractivity contribution in [3.05, 3.63) is 34.8 Å². The molecule has 118 valence electrons.